The molecule has 1 N–H and O–H groups in total. The number of benzene rings is 1. The van der Waals surface area contributed by atoms with Crippen LogP contribution in [0.5, 0.6) is 0 Å². The standard InChI is InChI=1S/C14H18FNO3/c1-18-14(17)12-5-4-10(7-13(12)15)8-16-9-11-3-2-6-19-11/h4-5,7,11,16H,2-3,6,8-9H2,1H3. The van der Waals surface area contributed by atoms with Crippen molar-refractivity contribution in [2.24, 2.45) is 0 Å². The molecule has 1 heterocycles. The molecule has 0 spiro atoms. The molecular formula is C14H18FNO3. The van der Waals surface area contributed by atoms with Crippen molar-refractivity contribution in [3.05, 3.63) is 35.1 Å². The number of carbonyl (C=O) groups excluding carboxylic acids is 1. The molecule has 0 saturated carbocycles. The lowest BCUT2D eigenvalue weighted by Gasteiger charge is -2.11. The van der Waals surface area contributed by atoms with Crippen LogP contribution in [0.1, 0.15) is 28.8 Å². The van der Waals surface area contributed by atoms with Crippen molar-refractivity contribution in [1.29, 1.82) is 0 Å². The number of nitrogens with one attached hydrogen (secondary N) is 1. The Morgan fingerprint density at radius 2 is 2.42 bits per heavy atom. The number of methoxy groups -OCH3 is 1. The summed E-state index contributed by atoms with van der Waals surface area (Å²) >= 11 is 0. The van der Waals surface area contributed by atoms with E-state index in [9.17, 15) is 9.18 Å². The molecule has 0 bridgehead atoms. The molecule has 1 aromatic carbocycles. The van der Waals surface area contributed by atoms with Crippen molar-refractivity contribution < 1.29 is 18.7 Å². The third-order valence-corrected chi connectivity index (χ3v) is 3.16. The minimum Gasteiger partial charge on any atom is -0.465 e. The van der Waals surface area contributed by atoms with E-state index >= 15 is 0 Å². The summed E-state index contributed by atoms with van der Waals surface area (Å²) in [6.07, 6.45) is 2.44. The molecule has 1 aliphatic rings. The van der Waals surface area contributed by atoms with Gasteiger partial charge < -0.3 is 14.8 Å². The van der Waals surface area contributed by atoms with Gasteiger partial charge in [-0.05, 0) is 30.5 Å². The van der Waals surface area contributed by atoms with Crippen LogP contribution in [0.15, 0.2) is 18.2 Å². The van der Waals surface area contributed by atoms with Crippen molar-refractivity contribution in [1.82, 2.24) is 5.32 Å². The zero-order chi connectivity index (χ0) is 13.7. The molecule has 0 aliphatic carbocycles. The Kier molecular flexibility index (Phi) is 4.87. The molecule has 0 amide bonds. The van der Waals surface area contributed by atoms with Gasteiger partial charge >= 0.3 is 5.97 Å². The molecule has 19 heavy (non-hydrogen) atoms. The van der Waals surface area contributed by atoms with Crippen LogP contribution in [0.25, 0.3) is 0 Å². The Labute approximate surface area is 111 Å². The van der Waals surface area contributed by atoms with E-state index in [2.05, 4.69) is 10.1 Å². The maximum absolute atomic E-state index is 13.7. The number of halogens is 1. The van der Waals surface area contributed by atoms with Gasteiger partial charge in [0.25, 0.3) is 0 Å². The fourth-order valence-electron chi connectivity index (χ4n) is 2.13. The fourth-order valence-corrected chi connectivity index (χ4v) is 2.13. The highest BCUT2D eigenvalue weighted by molar-refractivity contribution is 5.89. The SMILES string of the molecule is COC(=O)c1ccc(CNCC2CCCO2)cc1F. The number of hydrogen-bond donors (Lipinski definition) is 1. The van der Waals surface area contributed by atoms with Crippen molar-refractivity contribution in [3.63, 3.8) is 0 Å². The molecule has 1 aromatic rings. The van der Waals surface area contributed by atoms with E-state index in [1.807, 2.05) is 0 Å². The summed E-state index contributed by atoms with van der Waals surface area (Å²) in [4.78, 5) is 11.2. The highest BCUT2D eigenvalue weighted by Crippen LogP contribution is 2.13. The van der Waals surface area contributed by atoms with Crippen LogP contribution in [0.2, 0.25) is 0 Å². The lowest BCUT2D eigenvalue weighted by Crippen LogP contribution is -2.25. The Bertz CT molecular complexity index is 444. The Morgan fingerprint density at radius 3 is 3.05 bits per heavy atom. The topological polar surface area (TPSA) is 47.6 Å². The number of hydrogen-bond acceptors (Lipinski definition) is 4. The smallest absolute Gasteiger partial charge is 0.340 e. The summed E-state index contributed by atoms with van der Waals surface area (Å²) < 4.78 is 23.6. The minimum atomic E-state index is -0.656. The van der Waals surface area contributed by atoms with Gasteiger partial charge in [-0.25, -0.2) is 9.18 Å². The zero-order valence-corrected chi connectivity index (χ0v) is 10.9. The average Bonchev–Trinajstić information content (AvgIpc) is 2.91. The van der Waals surface area contributed by atoms with Gasteiger partial charge in [0, 0.05) is 19.7 Å². The van der Waals surface area contributed by atoms with Crippen molar-refractivity contribution in [2.75, 3.05) is 20.3 Å². The number of carbonyl (C=O) groups is 1. The molecule has 2 rings (SSSR count). The third-order valence-electron chi connectivity index (χ3n) is 3.16. The molecular weight excluding hydrogens is 249 g/mol. The van der Waals surface area contributed by atoms with E-state index < -0.39 is 11.8 Å². The summed E-state index contributed by atoms with van der Waals surface area (Å²) in [5.74, 6) is -1.21. The van der Waals surface area contributed by atoms with Gasteiger partial charge in [-0.15, -0.1) is 0 Å². The monoisotopic (exact) mass is 267 g/mol. The second-order valence-corrected chi connectivity index (χ2v) is 4.57. The first kappa shape index (κ1) is 14.0. The molecule has 1 unspecified atom stereocenters. The Balaban J connectivity index is 1.87. The van der Waals surface area contributed by atoms with Crippen LogP contribution in [-0.2, 0) is 16.0 Å². The van der Waals surface area contributed by atoms with Crippen molar-refractivity contribution >= 4 is 5.97 Å². The van der Waals surface area contributed by atoms with Crippen LogP contribution in [0.3, 0.4) is 0 Å². The zero-order valence-electron chi connectivity index (χ0n) is 10.9. The van der Waals surface area contributed by atoms with Crippen molar-refractivity contribution in [2.45, 2.75) is 25.5 Å². The second kappa shape index (κ2) is 6.63. The fraction of sp³-hybridized carbons (Fsp3) is 0.500. The second-order valence-electron chi connectivity index (χ2n) is 4.57. The molecule has 4 nitrogen and oxygen atoms in total. The van der Waals surface area contributed by atoms with Crippen molar-refractivity contribution in [3.8, 4) is 0 Å². The van der Waals surface area contributed by atoms with Gasteiger partial charge in [-0.1, -0.05) is 6.07 Å². The lowest BCUT2D eigenvalue weighted by molar-refractivity contribution is 0.0595. The predicted molar refractivity (Wildman–Crippen MR) is 68.4 cm³/mol. The van der Waals surface area contributed by atoms with Gasteiger partial charge in [-0.2, -0.15) is 0 Å². The van der Waals surface area contributed by atoms with E-state index in [4.69, 9.17) is 4.74 Å². The van der Waals surface area contributed by atoms with Crippen LogP contribution >= 0.6 is 0 Å². The summed E-state index contributed by atoms with van der Waals surface area (Å²) in [6, 6.07) is 4.52. The maximum Gasteiger partial charge on any atom is 0.340 e. The van der Waals surface area contributed by atoms with E-state index in [1.54, 1.807) is 6.07 Å². The summed E-state index contributed by atoms with van der Waals surface area (Å²) in [7, 11) is 1.23. The van der Waals surface area contributed by atoms with Crippen LogP contribution in [0, 0.1) is 5.82 Å². The van der Waals surface area contributed by atoms with E-state index in [-0.39, 0.29) is 11.7 Å². The van der Waals surface area contributed by atoms with E-state index in [0.717, 1.165) is 31.6 Å². The maximum atomic E-state index is 13.7. The first-order valence-corrected chi connectivity index (χ1v) is 6.40. The molecule has 1 fully saturated rings. The number of rotatable bonds is 5. The highest BCUT2D eigenvalue weighted by Gasteiger charge is 2.15. The Morgan fingerprint density at radius 1 is 1.58 bits per heavy atom. The molecule has 1 atom stereocenters. The van der Waals surface area contributed by atoms with Gasteiger partial charge in [0.2, 0.25) is 0 Å². The minimum absolute atomic E-state index is 0.0367. The van der Waals surface area contributed by atoms with Gasteiger partial charge in [-0.3, -0.25) is 0 Å². The van der Waals surface area contributed by atoms with Gasteiger partial charge in [0.05, 0.1) is 18.8 Å². The average molecular weight is 267 g/mol. The largest absolute Gasteiger partial charge is 0.465 e. The van der Waals surface area contributed by atoms with E-state index in [1.165, 1.54) is 19.2 Å². The third kappa shape index (κ3) is 3.75. The van der Waals surface area contributed by atoms with Gasteiger partial charge in [0.1, 0.15) is 5.82 Å². The normalized spacial score (nSPS) is 18.5. The quantitative estimate of drug-likeness (QED) is 0.828. The first-order valence-electron chi connectivity index (χ1n) is 6.40. The van der Waals surface area contributed by atoms with Crippen LogP contribution in [0.4, 0.5) is 4.39 Å². The molecule has 1 aliphatic heterocycles. The summed E-state index contributed by atoms with van der Waals surface area (Å²) in [5, 5.41) is 3.23. The first-order chi connectivity index (χ1) is 9.20. The number of ether oxygens (including phenoxy) is 2. The molecule has 5 heteroatoms. The molecule has 0 aromatic heterocycles. The predicted octanol–water partition coefficient (Wildman–Crippen LogP) is 1.88. The van der Waals surface area contributed by atoms with Gasteiger partial charge in [0.15, 0.2) is 0 Å². The van der Waals surface area contributed by atoms with E-state index in [0.29, 0.717) is 6.54 Å². The molecule has 104 valence electrons. The summed E-state index contributed by atoms with van der Waals surface area (Å²) in [5.41, 5.74) is 0.758. The highest BCUT2D eigenvalue weighted by atomic mass is 19.1. The molecule has 1 saturated heterocycles. The Hall–Kier alpha value is -1.46. The summed E-state index contributed by atoms with van der Waals surface area (Å²) in [6.45, 7) is 2.15. The van der Waals surface area contributed by atoms with Crippen LogP contribution in [-0.4, -0.2) is 32.3 Å². The lowest BCUT2D eigenvalue weighted by atomic mass is 10.1. The molecule has 0 radical (unpaired) electrons. The van der Waals surface area contributed by atoms with Crippen LogP contribution < -0.4 is 5.32 Å². The number of esters is 1.